The minimum absolute atomic E-state index is 0.242. The molecule has 1 fully saturated rings. The number of carboxylic acids is 1. The summed E-state index contributed by atoms with van der Waals surface area (Å²) in [6.45, 7) is 2.54. The Balaban J connectivity index is 2.03. The van der Waals surface area contributed by atoms with Crippen LogP contribution in [-0.2, 0) is 4.74 Å². The highest BCUT2D eigenvalue weighted by atomic mass is 32.1. The van der Waals surface area contributed by atoms with E-state index in [1.54, 1.807) is 23.5 Å². The van der Waals surface area contributed by atoms with Gasteiger partial charge in [-0.1, -0.05) is 0 Å². The quantitative estimate of drug-likeness (QED) is 0.940. The van der Waals surface area contributed by atoms with Gasteiger partial charge in [0.15, 0.2) is 0 Å². The summed E-state index contributed by atoms with van der Waals surface area (Å²) in [6.07, 6.45) is 0. The Morgan fingerprint density at radius 1 is 1.30 bits per heavy atom. The lowest BCUT2D eigenvalue weighted by Gasteiger charge is -2.29. The zero-order valence-electron chi connectivity index (χ0n) is 10.8. The van der Waals surface area contributed by atoms with Crippen LogP contribution in [0.3, 0.4) is 0 Å². The number of carboxylic acid groups (broad SMARTS) is 1. The van der Waals surface area contributed by atoms with Gasteiger partial charge in [-0.25, -0.2) is 9.78 Å². The number of nitrogens with zero attached hydrogens (tertiary/aromatic N) is 2. The maximum atomic E-state index is 11.4. The normalized spacial score (nSPS) is 15.3. The van der Waals surface area contributed by atoms with Crippen molar-refractivity contribution in [3.63, 3.8) is 0 Å². The maximum absolute atomic E-state index is 11.4. The average Bonchev–Trinajstić information content (AvgIpc) is 3.02. The van der Waals surface area contributed by atoms with Crippen molar-refractivity contribution in [1.82, 2.24) is 4.98 Å². The van der Waals surface area contributed by atoms with Gasteiger partial charge in [-0.15, -0.1) is 0 Å². The highest BCUT2D eigenvalue weighted by molar-refractivity contribution is 7.08. The van der Waals surface area contributed by atoms with E-state index in [0.717, 1.165) is 11.3 Å². The number of carbonyl (C=O) groups is 1. The number of rotatable bonds is 3. The van der Waals surface area contributed by atoms with Crippen LogP contribution >= 0.6 is 11.3 Å². The van der Waals surface area contributed by atoms with Gasteiger partial charge in [0.05, 0.1) is 18.9 Å². The lowest BCUT2D eigenvalue weighted by Crippen LogP contribution is -2.37. The summed E-state index contributed by atoms with van der Waals surface area (Å²) in [7, 11) is 0. The molecular formula is C14H14N2O3S. The van der Waals surface area contributed by atoms with Gasteiger partial charge in [0.1, 0.15) is 11.4 Å². The summed E-state index contributed by atoms with van der Waals surface area (Å²) in [5, 5.41) is 13.3. The van der Waals surface area contributed by atoms with Crippen LogP contribution in [0.15, 0.2) is 29.0 Å². The van der Waals surface area contributed by atoms with E-state index >= 15 is 0 Å². The van der Waals surface area contributed by atoms with Gasteiger partial charge in [0.25, 0.3) is 0 Å². The fraction of sp³-hybridized carbons (Fsp3) is 0.286. The minimum atomic E-state index is -0.948. The topological polar surface area (TPSA) is 62.7 Å². The highest BCUT2D eigenvalue weighted by Crippen LogP contribution is 2.26. The third kappa shape index (κ3) is 2.52. The average molecular weight is 290 g/mol. The molecule has 1 aliphatic rings. The fourth-order valence-corrected chi connectivity index (χ4v) is 2.85. The molecule has 3 heterocycles. The van der Waals surface area contributed by atoms with Crippen LogP contribution in [0.25, 0.3) is 11.3 Å². The van der Waals surface area contributed by atoms with E-state index in [4.69, 9.17) is 4.74 Å². The molecule has 0 spiro atoms. The Kier molecular flexibility index (Phi) is 3.66. The zero-order valence-corrected chi connectivity index (χ0v) is 11.6. The third-order valence-corrected chi connectivity index (χ3v) is 3.92. The first-order valence-corrected chi connectivity index (χ1v) is 7.29. The van der Waals surface area contributed by atoms with Crippen LogP contribution < -0.4 is 4.90 Å². The van der Waals surface area contributed by atoms with Crippen LogP contribution in [0.4, 0.5) is 5.82 Å². The van der Waals surface area contributed by atoms with E-state index in [2.05, 4.69) is 4.98 Å². The summed E-state index contributed by atoms with van der Waals surface area (Å²) in [5.74, 6) is -0.416. The van der Waals surface area contributed by atoms with Crippen LogP contribution in [0.2, 0.25) is 0 Å². The number of ether oxygens (including phenoxy) is 1. The molecule has 104 valence electrons. The van der Waals surface area contributed by atoms with E-state index in [9.17, 15) is 9.90 Å². The smallest absolute Gasteiger partial charge is 0.339 e. The van der Waals surface area contributed by atoms with Crippen molar-refractivity contribution in [2.45, 2.75) is 0 Å². The molecule has 0 aromatic carbocycles. The van der Waals surface area contributed by atoms with Gasteiger partial charge in [-0.05, 0) is 23.6 Å². The molecule has 5 nitrogen and oxygen atoms in total. The fourth-order valence-electron chi connectivity index (χ4n) is 2.20. The monoisotopic (exact) mass is 290 g/mol. The number of aromatic carboxylic acids is 1. The standard InChI is InChI=1S/C14H14N2O3S/c17-14(18)11-1-2-12(10-3-8-20-9-10)15-13(11)16-4-6-19-7-5-16/h1-3,8-9H,4-7H2,(H,17,18). The molecule has 1 saturated heterocycles. The van der Waals surface area contributed by atoms with Crippen LogP contribution in [0, 0.1) is 0 Å². The van der Waals surface area contributed by atoms with Crippen molar-refractivity contribution in [1.29, 1.82) is 0 Å². The Morgan fingerprint density at radius 2 is 2.10 bits per heavy atom. The number of anilines is 1. The summed E-state index contributed by atoms with van der Waals surface area (Å²) in [5.41, 5.74) is 2.06. The van der Waals surface area contributed by atoms with Gasteiger partial charge in [-0.2, -0.15) is 11.3 Å². The molecular weight excluding hydrogens is 276 g/mol. The van der Waals surface area contributed by atoms with Crippen LogP contribution in [-0.4, -0.2) is 42.4 Å². The number of thiophene rings is 1. The van der Waals surface area contributed by atoms with Gasteiger partial charge in [0.2, 0.25) is 0 Å². The van der Waals surface area contributed by atoms with Crippen molar-refractivity contribution < 1.29 is 14.6 Å². The van der Waals surface area contributed by atoms with E-state index in [-0.39, 0.29) is 5.56 Å². The number of hydrogen-bond donors (Lipinski definition) is 1. The molecule has 0 bridgehead atoms. The first-order chi connectivity index (χ1) is 9.75. The zero-order chi connectivity index (χ0) is 13.9. The lowest BCUT2D eigenvalue weighted by molar-refractivity contribution is 0.0696. The molecule has 1 N–H and O–H groups in total. The Hall–Kier alpha value is -1.92. The van der Waals surface area contributed by atoms with E-state index in [1.807, 2.05) is 21.7 Å². The molecule has 0 amide bonds. The number of morpholine rings is 1. The molecule has 0 atom stereocenters. The van der Waals surface area contributed by atoms with Gasteiger partial charge in [0, 0.05) is 24.0 Å². The SMILES string of the molecule is O=C(O)c1ccc(-c2ccsc2)nc1N1CCOCC1. The largest absolute Gasteiger partial charge is 0.478 e. The molecule has 0 unspecified atom stereocenters. The van der Waals surface area contributed by atoms with Crippen molar-refractivity contribution in [2.75, 3.05) is 31.2 Å². The van der Waals surface area contributed by atoms with Crippen LogP contribution in [0.5, 0.6) is 0 Å². The summed E-state index contributed by atoms with van der Waals surface area (Å²) in [6, 6.07) is 5.37. The van der Waals surface area contributed by atoms with Gasteiger partial charge < -0.3 is 14.7 Å². The van der Waals surface area contributed by atoms with Crippen molar-refractivity contribution in [3.8, 4) is 11.3 Å². The second-order valence-electron chi connectivity index (χ2n) is 4.48. The van der Waals surface area contributed by atoms with Crippen molar-refractivity contribution in [3.05, 3.63) is 34.5 Å². The molecule has 0 radical (unpaired) electrons. The van der Waals surface area contributed by atoms with Gasteiger partial charge in [-0.3, -0.25) is 0 Å². The molecule has 3 rings (SSSR count). The number of hydrogen-bond acceptors (Lipinski definition) is 5. The van der Waals surface area contributed by atoms with E-state index < -0.39 is 5.97 Å². The number of aromatic nitrogens is 1. The Labute approximate surface area is 120 Å². The number of pyridine rings is 1. The Bertz CT molecular complexity index is 607. The van der Waals surface area contributed by atoms with E-state index in [0.29, 0.717) is 32.1 Å². The molecule has 20 heavy (non-hydrogen) atoms. The summed E-state index contributed by atoms with van der Waals surface area (Å²) >= 11 is 1.60. The van der Waals surface area contributed by atoms with E-state index in [1.165, 1.54) is 0 Å². The highest BCUT2D eigenvalue weighted by Gasteiger charge is 2.20. The second kappa shape index (κ2) is 5.60. The Morgan fingerprint density at radius 3 is 2.75 bits per heavy atom. The predicted octanol–water partition coefficient (Wildman–Crippen LogP) is 2.34. The third-order valence-electron chi connectivity index (χ3n) is 3.23. The first-order valence-electron chi connectivity index (χ1n) is 6.35. The van der Waals surface area contributed by atoms with Gasteiger partial charge >= 0.3 is 5.97 Å². The second-order valence-corrected chi connectivity index (χ2v) is 5.26. The van der Waals surface area contributed by atoms with Crippen LogP contribution in [0.1, 0.15) is 10.4 Å². The predicted molar refractivity (Wildman–Crippen MR) is 77.5 cm³/mol. The summed E-state index contributed by atoms with van der Waals surface area (Å²) < 4.78 is 5.31. The first kappa shape index (κ1) is 13.1. The molecule has 1 aliphatic heterocycles. The molecule has 2 aromatic heterocycles. The summed E-state index contributed by atoms with van der Waals surface area (Å²) in [4.78, 5) is 17.9. The molecule has 0 aliphatic carbocycles. The van der Waals surface area contributed by atoms with Crippen molar-refractivity contribution in [2.24, 2.45) is 0 Å². The molecule has 2 aromatic rings. The maximum Gasteiger partial charge on any atom is 0.339 e. The molecule has 6 heteroatoms. The lowest BCUT2D eigenvalue weighted by atomic mass is 10.1. The minimum Gasteiger partial charge on any atom is -0.478 e. The molecule has 0 saturated carbocycles. The van der Waals surface area contributed by atoms with Crippen molar-refractivity contribution >= 4 is 23.1 Å².